The van der Waals surface area contributed by atoms with E-state index in [0.717, 1.165) is 19.3 Å². The van der Waals surface area contributed by atoms with Gasteiger partial charge in [0.1, 0.15) is 5.82 Å². The van der Waals surface area contributed by atoms with Gasteiger partial charge in [-0.15, -0.1) is 0 Å². The highest BCUT2D eigenvalue weighted by atomic mass is 19.1. The summed E-state index contributed by atoms with van der Waals surface area (Å²) in [6.45, 7) is 0. The van der Waals surface area contributed by atoms with Crippen LogP contribution in [0.1, 0.15) is 37.7 Å². The molecule has 1 heterocycles. The summed E-state index contributed by atoms with van der Waals surface area (Å²) in [5.74, 6) is -1.17. The second-order valence-electron chi connectivity index (χ2n) is 5.47. The summed E-state index contributed by atoms with van der Waals surface area (Å²) in [7, 11) is 0. The van der Waals surface area contributed by atoms with Gasteiger partial charge in [-0.1, -0.05) is 19.3 Å². The van der Waals surface area contributed by atoms with E-state index in [1.54, 1.807) is 18.3 Å². The highest BCUT2D eigenvalue weighted by molar-refractivity contribution is 5.91. The molecule has 1 aromatic heterocycles. The van der Waals surface area contributed by atoms with Crippen molar-refractivity contribution in [2.24, 2.45) is 0 Å². The average Bonchev–Trinajstić information content (AvgIpc) is 2.47. The van der Waals surface area contributed by atoms with Crippen LogP contribution in [0.4, 0.5) is 4.39 Å². The number of benzene rings is 1. The predicted molar refractivity (Wildman–Crippen MR) is 74.1 cm³/mol. The largest absolute Gasteiger partial charge is 0.481 e. The summed E-state index contributed by atoms with van der Waals surface area (Å²) >= 11 is 0. The number of aliphatic carboxylic acids is 1. The van der Waals surface area contributed by atoms with Crippen molar-refractivity contribution in [1.29, 1.82) is 0 Å². The van der Waals surface area contributed by atoms with Crippen LogP contribution in [0.25, 0.3) is 10.9 Å². The Morgan fingerprint density at radius 2 is 1.95 bits per heavy atom. The second-order valence-corrected chi connectivity index (χ2v) is 5.47. The first-order valence-electron chi connectivity index (χ1n) is 6.92. The highest BCUT2D eigenvalue weighted by Gasteiger charge is 2.42. The lowest BCUT2D eigenvalue weighted by atomic mass is 9.68. The molecule has 0 amide bonds. The number of carboxylic acid groups (broad SMARTS) is 1. The van der Waals surface area contributed by atoms with Crippen LogP contribution < -0.4 is 0 Å². The topological polar surface area (TPSA) is 50.2 Å². The van der Waals surface area contributed by atoms with Gasteiger partial charge in [0.05, 0.1) is 10.9 Å². The maximum absolute atomic E-state index is 13.5. The summed E-state index contributed by atoms with van der Waals surface area (Å²) in [6.07, 6.45) is 5.69. The van der Waals surface area contributed by atoms with E-state index in [1.165, 1.54) is 12.1 Å². The molecule has 1 aromatic carbocycles. The molecule has 2 aromatic rings. The van der Waals surface area contributed by atoms with Crippen molar-refractivity contribution >= 4 is 16.9 Å². The molecule has 0 radical (unpaired) electrons. The van der Waals surface area contributed by atoms with Crippen molar-refractivity contribution in [2.75, 3.05) is 0 Å². The fourth-order valence-electron chi connectivity index (χ4n) is 3.29. The lowest BCUT2D eigenvalue weighted by Gasteiger charge is -2.34. The minimum Gasteiger partial charge on any atom is -0.481 e. The zero-order valence-corrected chi connectivity index (χ0v) is 11.1. The molecular formula is C16H16FNO2. The van der Waals surface area contributed by atoms with Crippen LogP contribution in [0.2, 0.25) is 0 Å². The van der Waals surface area contributed by atoms with Gasteiger partial charge in [0, 0.05) is 11.6 Å². The van der Waals surface area contributed by atoms with Crippen LogP contribution >= 0.6 is 0 Å². The van der Waals surface area contributed by atoms with E-state index in [1.807, 2.05) is 0 Å². The van der Waals surface area contributed by atoms with Gasteiger partial charge in [-0.2, -0.15) is 0 Å². The van der Waals surface area contributed by atoms with E-state index in [-0.39, 0.29) is 5.82 Å². The standard InChI is InChI=1S/C16H16FNO2/c17-11-4-5-14-12(10-11)13(6-9-18-14)16(15(19)20)7-2-1-3-8-16/h4-6,9-10H,1-3,7-8H2,(H,19,20). The third-order valence-corrected chi connectivity index (χ3v) is 4.34. The van der Waals surface area contributed by atoms with Gasteiger partial charge < -0.3 is 5.11 Å². The van der Waals surface area contributed by atoms with E-state index >= 15 is 0 Å². The summed E-state index contributed by atoms with van der Waals surface area (Å²) < 4.78 is 13.5. The van der Waals surface area contributed by atoms with E-state index in [0.29, 0.717) is 29.3 Å². The number of carbonyl (C=O) groups is 1. The van der Waals surface area contributed by atoms with Gasteiger partial charge in [0.15, 0.2) is 0 Å². The molecule has 1 aliphatic rings. The molecule has 4 heteroatoms. The molecule has 104 valence electrons. The van der Waals surface area contributed by atoms with Crippen molar-refractivity contribution in [1.82, 2.24) is 4.98 Å². The van der Waals surface area contributed by atoms with Crippen LogP contribution in [0, 0.1) is 5.82 Å². The smallest absolute Gasteiger partial charge is 0.314 e. The Hall–Kier alpha value is -1.97. The van der Waals surface area contributed by atoms with Gasteiger partial charge >= 0.3 is 5.97 Å². The van der Waals surface area contributed by atoms with E-state index in [4.69, 9.17) is 0 Å². The number of hydrogen-bond acceptors (Lipinski definition) is 2. The van der Waals surface area contributed by atoms with Crippen molar-refractivity contribution in [3.8, 4) is 0 Å². The number of nitrogens with zero attached hydrogens (tertiary/aromatic N) is 1. The van der Waals surface area contributed by atoms with E-state index in [9.17, 15) is 14.3 Å². The third kappa shape index (κ3) is 1.96. The van der Waals surface area contributed by atoms with Crippen molar-refractivity contribution < 1.29 is 14.3 Å². The van der Waals surface area contributed by atoms with Crippen LogP contribution in [0.5, 0.6) is 0 Å². The normalized spacial score (nSPS) is 18.1. The number of rotatable bonds is 2. The zero-order chi connectivity index (χ0) is 14.2. The first kappa shape index (κ1) is 13.0. The van der Waals surface area contributed by atoms with Crippen molar-refractivity contribution in [3.63, 3.8) is 0 Å². The fraction of sp³-hybridized carbons (Fsp3) is 0.375. The molecule has 1 saturated carbocycles. The maximum atomic E-state index is 13.5. The van der Waals surface area contributed by atoms with Gasteiger partial charge in [0.2, 0.25) is 0 Å². The van der Waals surface area contributed by atoms with Crippen molar-refractivity contribution in [2.45, 2.75) is 37.5 Å². The Balaban J connectivity index is 2.25. The SMILES string of the molecule is O=C(O)C1(c2ccnc3ccc(F)cc23)CCCCC1. The van der Waals surface area contributed by atoms with Crippen LogP contribution in [-0.4, -0.2) is 16.1 Å². The van der Waals surface area contributed by atoms with Crippen LogP contribution in [0.15, 0.2) is 30.5 Å². The Morgan fingerprint density at radius 1 is 1.20 bits per heavy atom. The minimum atomic E-state index is -0.896. The zero-order valence-electron chi connectivity index (χ0n) is 11.1. The quantitative estimate of drug-likeness (QED) is 0.908. The number of pyridine rings is 1. The van der Waals surface area contributed by atoms with Gasteiger partial charge in [-0.05, 0) is 42.7 Å². The molecule has 0 bridgehead atoms. The van der Waals surface area contributed by atoms with E-state index < -0.39 is 11.4 Å². The minimum absolute atomic E-state index is 0.358. The number of hydrogen-bond donors (Lipinski definition) is 1. The average molecular weight is 273 g/mol. The number of halogens is 1. The first-order valence-corrected chi connectivity index (χ1v) is 6.92. The first-order chi connectivity index (χ1) is 9.63. The second kappa shape index (κ2) is 4.85. The molecule has 20 heavy (non-hydrogen) atoms. The number of aromatic nitrogens is 1. The lowest BCUT2D eigenvalue weighted by molar-refractivity contribution is -0.145. The van der Waals surface area contributed by atoms with Gasteiger partial charge in [-0.3, -0.25) is 9.78 Å². The molecule has 0 atom stereocenters. The molecular weight excluding hydrogens is 257 g/mol. The molecule has 3 nitrogen and oxygen atoms in total. The number of carboxylic acids is 1. The molecule has 0 aliphatic heterocycles. The third-order valence-electron chi connectivity index (χ3n) is 4.34. The molecule has 0 saturated heterocycles. The molecule has 3 rings (SSSR count). The monoisotopic (exact) mass is 273 g/mol. The molecule has 0 spiro atoms. The van der Waals surface area contributed by atoms with Gasteiger partial charge in [0.25, 0.3) is 0 Å². The fourth-order valence-corrected chi connectivity index (χ4v) is 3.29. The maximum Gasteiger partial charge on any atom is 0.314 e. The Labute approximate surface area is 116 Å². The number of fused-ring (bicyclic) bond motifs is 1. The highest BCUT2D eigenvalue weighted by Crippen LogP contribution is 2.42. The Kier molecular flexibility index (Phi) is 3.16. The van der Waals surface area contributed by atoms with Crippen molar-refractivity contribution in [3.05, 3.63) is 41.8 Å². The summed E-state index contributed by atoms with van der Waals surface area (Å²) in [6, 6.07) is 6.10. The summed E-state index contributed by atoms with van der Waals surface area (Å²) in [5.41, 5.74) is 0.456. The summed E-state index contributed by atoms with van der Waals surface area (Å²) in [5, 5.41) is 10.4. The lowest BCUT2D eigenvalue weighted by Crippen LogP contribution is -2.38. The Bertz CT molecular complexity index is 663. The molecule has 1 fully saturated rings. The molecule has 1 aliphatic carbocycles. The van der Waals surface area contributed by atoms with Crippen LogP contribution in [0.3, 0.4) is 0 Å². The predicted octanol–water partition coefficient (Wildman–Crippen LogP) is 3.66. The van der Waals surface area contributed by atoms with Crippen LogP contribution in [-0.2, 0) is 10.2 Å². The van der Waals surface area contributed by atoms with Gasteiger partial charge in [-0.25, -0.2) is 4.39 Å². The Morgan fingerprint density at radius 3 is 2.65 bits per heavy atom. The molecule has 1 N–H and O–H groups in total. The van der Waals surface area contributed by atoms with E-state index in [2.05, 4.69) is 4.98 Å². The summed E-state index contributed by atoms with van der Waals surface area (Å²) in [4.78, 5) is 16.1. The molecule has 0 unspecified atom stereocenters.